The van der Waals surface area contributed by atoms with Crippen molar-refractivity contribution in [2.45, 2.75) is 13.0 Å². The molecule has 0 spiro atoms. The van der Waals surface area contributed by atoms with Gasteiger partial charge in [0.2, 0.25) is 5.91 Å². The number of rotatable bonds is 5. The van der Waals surface area contributed by atoms with Crippen LogP contribution in [0.2, 0.25) is 0 Å². The molecule has 114 valence electrons. The molecule has 4 nitrogen and oxygen atoms in total. The standard InChI is InChI=1S/C15H13F2N3OS/c1-9(12-3-2-11(16)6-13(12)17)19-8-14(21)20-15-10(7-18)4-5-22-15/h2-6,9,19H,8H2,1H3,(H,20,21)/t9-/m1/s1. The maximum atomic E-state index is 13.6. The first-order valence-corrected chi connectivity index (χ1v) is 7.35. The fraction of sp³-hybridized carbons (Fsp3) is 0.200. The average Bonchev–Trinajstić information content (AvgIpc) is 2.92. The Kier molecular flexibility index (Phi) is 5.20. The monoisotopic (exact) mass is 321 g/mol. The summed E-state index contributed by atoms with van der Waals surface area (Å²) in [7, 11) is 0. The Morgan fingerprint density at radius 3 is 2.86 bits per heavy atom. The number of thiophene rings is 1. The fourth-order valence-corrected chi connectivity index (χ4v) is 2.63. The van der Waals surface area contributed by atoms with E-state index in [-0.39, 0.29) is 18.0 Å². The molecule has 2 N–H and O–H groups in total. The maximum absolute atomic E-state index is 13.6. The smallest absolute Gasteiger partial charge is 0.238 e. The van der Waals surface area contributed by atoms with Gasteiger partial charge in [0.1, 0.15) is 22.7 Å². The van der Waals surface area contributed by atoms with Crippen LogP contribution in [0.3, 0.4) is 0 Å². The lowest BCUT2D eigenvalue weighted by molar-refractivity contribution is -0.115. The summed E-state index contributed by atoms with van der Waals surface area (Å²) in [4.78, 5) is 11.8. The number of nitrogens with one attached hydrogen (secondary N) is 2. The molecule has 1 aromatic heterocycles. The van der Waals surface area contributed by atoms with E-state index in [1.54, 1.807) is 18.4 Å². The molecule has 0 saturated heterocycles. The minimum atomic E-state index is -0.662. The summed E-state index contributed by atoms with van der Waals surface area (Å²) < 4.78 is 26.5. The third kappa shape index (κ3) is 3.87. The molecule has 0 bridgehead atoms. The van der Waals surface area contributed by atoms with Gasteiger partial charge in [0, 0.05) is 17.7 Å². The van der Waals surface area contributed by atoms with Gasteiger partial charge in [0.05, 0.1) is 12.1 Å². The average molecular weight is 321 g/mol. The van der Waals surface area contributed by atoms with E-state index >= 15 is 0 Å². The first kappa shape index (κ1) is 16.1. The third-order valence-corrected chi connectivity index (χ3v) is 3.87. The summed E-state index contributed by atoms with van der Waals surface area (Å²) in [5.74, 6) is -1.65. The topological polar surface area (TPSA) is 64.9 Å². The number of hydrogen-bond acceptors (Lipinski definition) is 4. The van der Waals surface area contributed by atoms with Crippen LogP contribution < -0.4 is 10.6 Å². The number of carbonyl (C=O) groups is 1. The molecule has 22 heavy (non-hydrogen) atoms. The highest BCUT2D eigenvalue weighted by atomic mass is 32.1. The highest BCUT2D eigenvalue weighted by Gasteiger charge is 2.14. The molecule has 1 heterocycles. The Morgan fingerprint density at radius 1 is 1.41 bits per heavy atom. The molecule has 1 aromatic carbocycles. The molecule has 0 saturated carbocycles. The van der Waals surface area contributed by atoms with E-state index in [1.807, 2.05) is 6.07 Å². The van der Waals surface area contributed by atoms with Crippen molar-refractivity contribution in [2.24, 2.45) is 0 Å². The van der Waals surface area contributed by atoms with Crippen LogP contribution in [0.5, 0.6) is 0 Å². The van der Waals surface area contributed by atoms with Crippen molar-refractivity contribution in [3.05, 3.63) is 52.4 Å². The zero-order valence-electron chi connectivity index (χ0n) is 11.7. The van der Waals surface area contributed by atoms with Crippen molar-refractivity contribution in [3.8, 4) is 6.07 Å². The highest BCUT2D eigenvalue weighted by molar-refractivity contribution is 7.14. The van der Waals surface area contributed by atoms with Gasteiger partial charge in [-0.1, -0.05) is 6.07 Å². The minimum Gasteiger partial charge on any atom is -0.315 e. The Hall–Kier alpha value is -2.30. The van der Waals surface area contributed by atoms with Crippen molar-refractivity contribution in [1.82, 2.24) is 5.32 Å². The first-order chi connectivity index (χ1) is 10.5. The molecule has 0 radical (unpaired) electrons. The van der Waals surface area contributed by atoms with Gasteiger partial charge in [-0.15, -0.1) is 11.3 Å². The summed E-state index contributed by atoms with van der Waals surface area (Å²) >= 11 is 1.25. The van der Waals surface area contributed by atoms with E-state index in [0.29, 0.717) is 10.6 Å². The number of amides is 1. The highest BCUT2D eigenvalue weighted by Crippen LogP contribution is 2.22. The van der Waals surface area contributed by atoms with Crippen molar-refractivity contribution in [3.63, 3.8) is 0 Å². The number of nitriles is 1. The van der Waals surface area contributed by atoms with E-state index in [9.17, 15) is 13.6 Å². The van der Waals surface area contributed by atoms with Crippen molar-refractivity contribution in [2.75, 3.05) is 11.9 Å². The second kappa shape index (κ2) is 7.11. The molecular formula is C15H13F2N3OS. The van der Waals surface area contributed by atoms with E-state index < -0.39 is 17.7 Å². The quantitative estimate of drug-likeness (QED) is 0.889. The number of nitrogens with zero attached hydrogens (tertiary/aromatic N) is 1. The lowest BCUT2D eigenvalue weighted by Gasteiger charge is -2.14. The molecular weight excluding hydrogens is 308 g/mol. The Balaban J connectivity index is 1.92. The largest absolute Gasteiger partial charge is 0.315 e. The predicted octanol–water partition coefficient (Wildman–Crippen LogP) is 3.19. The Bertz CT molecular complexity index is 724. The van der Waals surface area contributed by atoms with Gasteiger partial charge >= 0.3 is 0 Å². The van der Waals surface area contributed by atoms with Crippen LogP contribution in [-0.4, -0.2) is 12.5 Å². The van der Waals surface area contributed by atoms with Gasteiger partial charge in [-0.05, 0) is 24.4 Å². The number of halogens is 2. The number of benzene rings is 1. The van der Waals surface area contributed by atoms with Crippen LogP contribution >= 0.6 is 11.3 Å². The Morgan fingerprint density at radius 2 is 2.18 bits per heavy atom. The lowest BCUT2D eigenvalue weighted by Crippen LogP contribution is -2.30. The molecule has 1 amide bonds. The van der Waals surface area contributed by atoms with Crippen LogP contribution in [0, 0.1) is 23.0 Å². The Labute approximate surface area is 130 Å². The zero-order chi connectivity index (χ0) is 16.1. The molecule has 1 atom stereocenters. The molecule has 0 aliphatic rings. The van der Waals surface area contributed by atoms with Crippen molar-refractivity contribution >= 4 is 22.2 Å². The molecule has 2 aromatic rings. The summed E-state index contributed by atoms with van der Waals surface area (Å²) in [5.41, 5.74) is 0.680. The normalized spacial score (nSPS) is 11.7. The van der Waals surface area contributed by atoms with Crippen LogP contribution in [0.15, 0.2) is 29.6 Å². The van der Waals surface area contributed by atoms with Crippen LogP contribution in [-0.2, 0) is 4.79 Å². The second-order valence-corrected chi connectivity index (χ2v) is 5.51. The van der Waals surface area contributed by atoms with E-state index in [0.717, 1.165) is 6.07 Å². The van der Waals surface area contributed by atoms with Crippen LogP contribution in [0.4, 0.5) is 13.8 Å². The second-order valence-electron chi connectivity index (χ2n) is 4.59. The zero-order valence-corrected chi connectivity index (χ0v) is 12.5. The number of anilines is 1. The lowest BCUT2D eigenvalue weighted by atomic mass is 10.1. The summed E-state index contributed by atoms with van der Waals surface area (Å²) in [5, 5.41) is 16.5. The third-order valence-electron chi connectivity index (χ3n) is 3.04. The van der Waals surface area contributed by atoms with E-state index in [2.05, 4.69) is 10.6 Å². The number of hydrogen-bond donors (Lipinski definition) is 2. The van der Waals surface area contributed by atoms with Gasteiger partial charge in [-0.2, -0.15) is 5.26 Å². The SMILES string of the molecule is C[C@@H](NCC(=O)Nc1sccc1C#N)c1ccc(F)cc1F. The predicted molar refractivity (Wildman–Crippen MR) is 80.4 cm³/mol. The summed E-state index contributed by atoms with van der Waals surface area (Å²) in [6.07, 6.45) is 0. The first-order valence-electron chi connectivity index (χ1n) is 6.47. The van der Waals surface area contributed by atoms with E-state index in [1.165, 1.54) is 23.5 Å². The van der Waals surface area contributed by atoms with Gasteiger partial charge < -0.3 is 10.6 Å². The van der Waals surface area contributed by atoms with Gasteiger partial charge in [0.15, 0.2) is 0 Å². The maximum Gasteiger partial charge on any atom is 0.238 e. The fourth-order valence-electron chi connectivity index (χ4n) is 1.87. The van der Waals surface area contributed by atoms with Crippen molar-refractivity contribution < 1.29 is 13.6 Å². The molecule has 2 rings (SSSR count). The summed E-state index contributed by atoms with van der Waals surface area (Å²) in [6.45, 7) is 1.62. The summed E-state index contributed by atoms with van der Waals surface area (Å²) in [6, 6.07) is 6.45. The molecule has 7 heteroatoms. The van der Waals surface area contributed by atoms with Gasteiger partial charge in [-0.25, -0.2) is 8.78 Å². The number of carbonyl (C=O) groups excluding carboxylic acids is 1. The molecule has 0 fully saturated rings. The van der Waals surface area contributed by atoms with Gasteiger partial charge in [0.25, 0.3) is 0 Å². The molecule has 0 unspecified atom stereocenters. The van der Waals surface area contributed by atoms with Crippen LogP contribution in [0.1, 0.15) is 24.1 Å². The van der Waals surface area contributed by atoms with Crippen molar-refractivity contribution in [1.29, 1.82) is 5.26 Å². The van der Waals surface area contributed by atoms with Gasteiger partial charge in [-0.3, -0.25) is 4.79 Å². The van der Waals surface area contributed by atoms with E-state index in [4.69, 9.17) is 5.26 Å². The minimum absolute atomic E-state index is 0.0548. The molecule has 0 aliphatic heterocycles. The van der Waals surface area contributed by atoms with Crippen LogP contribution in [0.25, 0.3) is 0 Å². The molecule has 0 aliphatic carbocycles.